The van der Waals surface area contributed by atoms with Gasteiger partial charge in [0, 0.05) is 29.6 Å². The van der Waals surface area contributed by atoms with Crippen molar-refractivity contribution in [2.45, 2.75) is 36.7 Å². The van der Waals surface area contributed by atoms with Gasteiger partial charge in [0.15, 0.2) is 0 Å². The number of likely N-dealkylation sites (tertiary alicyclic amines) is 1. The number of aromatic nitrogens is 1. The first kappa shape index (κ1) is 25.9. The summed E-state index contributed by atoms with van der Waals surface area (Å²) in [5.74, 6) is 2.13. The second-order valence-electron chi connectivity index (χ2n) is 9.33. The normalized spacial score (nSPS) is 19.7. The topological polar surface area (TPSA) is 65.8 Å². The molecule has 2 aromatic carbocycles. The van der Waals surface area contributed by atoms with Gasteiger partial charge in [0.25, 0.3) is 0 Å². The first-order chi connectivity index (χ1) is 17.1. The van der Waals surface area contributed by atoms with Crippen molar-refractivity contribution in [3.63, 3.8) is 0 Å². The van der Waals surface area contributed by atoms with Crippen molar-refractivity contribution in [3.05, 3.63) is 66.1 Å². The van der Waals surface area contributed by atoms with E-state index < -0.39 is 6.10 Å². The van der Waals surface area contributed by atoms with Crippen LogP contribution < -0.4 is 4.74 Å². The standard InChI is InChI=1S/C28H35FN2O3S/c1-34-23-7-8-27-26(17-23)25(10-12-30-27)28(33)9-6-20-11-14-31(18-21(20)19-32)13-3-15-35-24-5-2-4-22(29)16-24/h2,4-5,7-8,10,12,16-17,20-21,28,32-33H,3,6,9,11,13-15,18-19H2,1H3/t20-,21-,28-/m1/s1. The van der Waals surface area contributed by atoms with Crippen LogP contribution in [0.25, 0.3) is 10.9 Å². The lowest BCUT2D eigenvalue weighted by Crippen LogP contribution is -2.42. The number of piperidine rings is 1. The fraction of sp³-hybridized carbons (Fsp3) is 0.464. The molecule has 0 unspecified atom stereocenters. The van der Waals surface area contributed by atoms with Gasteiger partial charge in [-0.2, -0.15) is 0 Å². The third-order valence-corrected chi connectivity index (χ3v) is 8.13. The maximum absolute atomic E-state index is 13.3. The highest BCUT2D eigenvalue weighted by atomic mass is 32.2. The summed E-state index contributed by atoms with van der Waals surface area (Å²) in [4.78, 5) is 7.81. The number of benzene rings is 2. The van der Waals surface area contributed by atoms with E-state index >= 15 is 0 Å². The molecule has 0 spiro atoms. The zero-order valence-electron chi connectivity index (χ0n) is 20.3. The molecular formula is C28H35FN2O3S. The lowest BCUT2D eigenvalue weighted by atomic mass is 9.81. The van der Waals surface area contributed by atoms with Gasteiger partial charge in [0.05, 0.1) is 18.7 Å². The SMILES string of the molecule is COc1ccc2nccc([C@H](O)CC[C@@H]3CCN(CCCSc4cccc(F)c4)C[C@@H]3CO)c2c1. The van der Waals surface area contributed by atoms with E-state index in [-0.39, 0.29) is 18.3 Å². The van der Waals surface area contributed by atoms with Gasteiger partial charge < -0.3 is 19.8 Å². The highest BCUT2D eigenvalue weighted by Gasteiger charge is 2.29. The lowest BCUT2D eigenvalue weighted by Gasteiger charge is -2.38. The molecule has 1 aliphatic rings. The zero-order chi connectivity index (χ0) is 24.6. The van der Waals surface area contributed by atoms with E-state index in [0.717, 1.165) is 71.8 Å². The molecule has 1 aliphatic heterocycles. The van der Waals surface area contributed by atoms with Crippen molar-refractivity contribution in [2.24, 2.45) is 11.8 Å². The Labute approximate surface area is 211 Å². The molecule has 1 fully saturated rings. The number of hydrogen-bond donors (Lipinski definition) is 2. The lowest BCUT2D eigenvalue weighted by molar-refractivity contribution is 0.0581. The van der Waals surface area contributed by atoms with Crippen LogP contribution in [0.3, 0.4) is 0 Å². The number of ether oxygens (including phenoxy) is 1. The Morgan fingerprint density at radius 2 is 2.09 bits per heavy atom. The smallest absolute Gasteiger partial charge is 0.124 e. The largest absolute Gasteiger partial charge is 0.497 e. The van der Waals surface area contributed by atoms with Crippen LogP contribution in [0.5, 0.6) is 5.75 Å². The van der Waals surface area contributed by atoms with Gasteiger partial charge in [0.1, 0.15) is 11.6 Å². The summed E-state index contributed by atoms with van der Waals surface area (Å²) in [7, 11) is 1.64. The van der Waals surface area contributed by atoms with Gasteiger partial charge in [-0.1, -0.05) is 6.07 Å². The van der Waals surface area contributed by atoms with E-state index in [1.165, 1.54) is 6.07 Å². The molecule has 4 rings (SSSR count). The van der Waals surface area contributed by atoms with Crippen molar-refractivity contribution >= 4 is 22.7 Å². The Hall–Kier alpha value is -2.19. The van der Waals surface area contributed by atoms with Crippen LogP contribution in [0.2, 0.25) is 0 Å². The second-order valence-corrected chi connectivity index (χ2v) is 10.5. The van der Waals surface area contributed by atoms with E-state index in [4.69, 9.17) is 4.74 Å². The van der Waals surface area contributed by atoms with Crippen LogP contribution in [0.1, 0.15) is 37.4 Å². The highest BCUT2D eigenvalue weighted by molar-refractivity contribution is 7.99. The van der Waals surface area contributed by atoms with Gasteiger partial charge in [-0.3, -0.25) is 4.98 Å². The number of hydrogen-bond acceptors (Lipinski definition) is 6. The zero-order valence-corrected chi connectivity index (χ0v) is 21.1. The summed E-state index contributed by atoms with van der Waals surface area (Å²) in [6, 6.07) is 14.4. The first-order valence-electron chi connectivity index (χ1n) is 12.4. The summed E-state index contributed by atoms with van der Waals surface area (Å²) >= 11 is 1.69. The molecule has 0 aliphatic carbocycles. The quantitative estimate of drug-likeness (QED) is 0.276. The van der Waals surface area contributed by atoms with Gasteiger partial charge in [-0.15, -0.1) is 11.8 Å². The number of thioether (sulfide) groups is 1. The predicted octanol–water partition coefficient (Wildman–Crippen LogP) is 5.31. The molecule has 188 valence electrons. The molecule has 0 saturated carbocycles. The minimum atomic E-state index is -0.579. The molecule has 3 aromatic rings. The molecule has 1 aromatic heterocycles. The van der Waals surface area contributed by atoms with Crippen molar-refractivity contribution in [1.29, 1.82) is 0 Å². The molecule has 0 amide bonds. The summed E-state index contributed by atoms with van der Waals surface area (Å²) < 4.78 is 18.7. The van der Waals surface area contributed by atoms with Gasteiger partial charge in [0.2, 0.25) is 0 Å². The summed E-state index contributed by atoms with van der Waals surface area (Å²) in [5.41, 5.74) is 1.72. The van der Waals surface area contributed by atoms with Crippen LogP contribution in [-0.4, -0.2) is 59.2 Å². The van der Waals surface area contributed by atoms with Crippen molar-refractivity contribution in [3.8, 4) is 5.75 Å². The minimum absolute atomic E-state index is 0.171. The fourth-order valence-corrected chi connectivity index (χ4v) is 5.95. The minimum Gasteiger partial charge on any atom is -0.497 e. The summed E-state index contributed by atoms with van der Waals surface area (Å²) in [6.07, 6.45) is 4.76. The van der Waals surface area contributed by atoms with Gasteiger partial charge in [-0.25, -0.2) is 4.39 Å². The predicted molar refractivity (Wildman–Crippen MR) is 139 cm³/mol. The molecule has 0 bridgehead atoms. The molecule has 3 atom stereocenters. The van der Waals surface area contributed by atoms with E-state index in [9.17, 15) is 14.6 Å². The molecule has 2 N–H and O–H groups in total. The van der Waals surface area contributed by atoms with Crippen LogP contribution in [0, 0.1) is 17.7 Å². The Morgan fingerprint density at radius 3 is 2.89 bits per heavy atom. The average Bonchev–Trinajstić information content (AvgIpc) is 2.89. The van der Waals surface area contributed by atoms with Gasteiger partial charge in [-0.05, 0) is 104 Å². The van der Waals surface area contributed by atoms with E-state index in [1.54, 1.807) is 37.2 Å². The van der Waals surface area contributed by atoms with Crippen LogP contribution >= 0.6 is 11.8 Å². The Bertz CT molecular complexity index is 1100. The number of aliphatic hydroxyl groups excluding tert-OH is 2. The number of methoxy groups -OCH3 is 1. The Morgan fingerprint density at radius 1 is 1.20 bits per heavy atom. The number of fused-ring (bicyclic) bond motifs is 1. The fourth-order valence-electron chi connectivity index (χ4n) is 5.07. The van der Waals surface area contributed by atoms with Crippen LogP contribution in [-0.2, 0) is 0 Å². The van der Waals surface area contributed by atoms with Crippen LogP contribution in [0.4, 0.5) is 4.39 Å². The molecular weight excluding hydrogens is 463 g/mol. The third kappa shape index (κ3) is 6.94. The van der Waals surface area contributed by atoms with Gasteiger partial charge >= 0.3 is 0 Å². The molecule has 7 heteroatoms. The van der Waals surface area contributed by atoms with Crippen LogP contribution in [0.15, 0.2) is 59.6 Å². The third-order valence-electron chi connectivity index (χ3n) is 7.05. The number of aliphatic hydroxyl groups is 2. The van der Waals surface area contributed by atoms with Crippen molar-refractivity contribution in [2.75, 3.05) is 39.1 Å². The summed E-state index contributed by atoms with van der Waals surface area (Å²) in [6.45, 7) is 3.05. The number of nitrogens with zero attached hydrogens (tertiary/aromatic N) is 2. The Kier molecular flexibility index (Phi) is 9.38. The molecule has 2 heterocycles. The summed E-state index contributed by atoms with van der Waals surface area (Å²) in [5, 5.41) is 22.0. The molecule has 1 saturated heterocycles. The first-order valence-corrected chi connectivity index (χ1v) is 13.4. The number of pyridine rings is 1. The average molecular weight is 499 g/mol. The van der Waals surface area contributed by atoms with Crippen molar-refractivity contribution < 1.29 is 19.3 Å². The number of rotatable bonds is 11. The maximum atomic E-state index is 13.3. The molecule has 35 heavy (non-hydrogen) atoms. The molecule has 0 radical (unpaired) electrons. The van der Waals surface area contributed by atoms with E-state index in [1.807, 2.05) is 30.3 Å². The Balaban J connectivity index is 1.26. The molecule has 5 nitrogen and oxygen atoms in total. The highest BCUT2D eigenvalue weighted by Crippen LogP contribution is 2.33. The van der Waals surface area contributed by atoms with E-state index in [2.05, 4.69) is 9.88 Å². The number of halogens is 1. The second kappa shape index (κ2) is 12.7. The van der Waals surface area contributed by atoms with Crippen molar-refractivity contribution in [1.82, 2.24) is 9.88 Å². The maximum Gasteiger partial charge on any atom is 0.124 e. The monoisotopic (exact) mass is 498 g/mol. The van der Waals surface area contributed by atoms with E-state index in [0.29, 0.717) is 12.3 Å².